The van der Waals surface area contributed by atoms with Gasteiger partial charge in [-0.15, -0.1) is 6.58 Å². The van der Waals surface area contributed by atoms with Crippen molar-refractivity contribution in [2.75, 3.05) is 32.8 Å². The second kappa shape index (κ2) is 4.44. The minimum Gasteiger partial charge on any atom is -0.379 e. The van der Waals surface area contributed by atoms with E-state index in [9.17, 15) is 0 Å². The minimum absolute atomic E-state index is 0.722. The van der Waals surface area contributed by atoms with Crippen molar-refractivity contribution in [3.63, 3.8) is 0 Å². The lowest BCUT2D eigenvalue weighted by Gasteiger charge is -2.24. The van der Waals surface area contributed by atoms with Crippen LogP contribution in [0.15, 0.2) is 12.7 Å². The molecule has 0 bridgehead atoms. The van der Waals surface area contributed by atoms with E-state index in [0.29, 0.717) is 0 Å². The third kappa shape index (κ3) is 2.47. The van der Waals surface area contributed by atoms with Crippen molar-refractivity contribution in [2.24, 2.45) is 0 Å². The summed E-state index contributed by atoms with van der Waals surface area (Å²) in [7, 11) is 0. The highest BCUT2D eigenvalue weighted by molar-refractivity contribution is 4.69. The Morgan fingerprint density at radius 2 is 2.20 bits per heavy atom. The molecule has 1 radical (unpaired) electrons. The molecule has 1 aliphatic rings. The van der Waals surface area contributed by atoms with Gasteiger partial charge < -0.3 is 4.74 Å². The largest absolute Gasteiger partial charge is 0.379 e. The van der Waals surface area contributed by atoms with Gasteiger partial charge in [-0.05, 0) is 0 Å². The molecule has 10 heavy (non-hydrogen) atoms. The van der Waals surface area contributed by atoms with Crippen LogP contribution in [0.5, 0.6) is 0 Å². The zero-order valence-corrected chi connectivity index (χ0v) is 6.12. The number of hydrogen-bond donors (Lipinski definition) is 0. The van der Waals surface area contributed by atoms with Gasteiger partial charge in [0, 0.05) is 19.6 Å². The van der Waals surface area contributed by atoms with Crippen LogP contribution in [0.4, 0.5) is 0 Å². The Labute approximate surface area is 61.6 Å². The molecule has 1 heterocycles. The fraction of sp³-hybridized carbons (Fsp3) is 0.714. The van der Waals surface area contributed by atoms with Crippen LogP contribution in [0, 0.1) is 0 Å². The molecule has 3 heteroatoms. The van der Waals surface area contributed by atoms with E-state index in [0.717, 1.165) is 32.8 Å². The van der Waals surface area contributed by atoms with Gasteiger partial charge in [0.05, 0.1) is 13.2 Å². The number of hydrogen-bond acceptors (Lipinski definition) is 2. The van der Waals surface area contributed by atoms with Crippen LogP contribution in [0.2, 0.25) is 0 Å². The molecule has 0 aromatic rings. The first kappa shape index (κ1) is 7.72. The monoisotopic (exact) mass is 141 g/mol. The van der Waals surface area contributed by atoms with Crippen molar-refractivity contribution in [2.45, 2.75) is 0 Å². The van der Waals surface area contributed by atoms with E-state index in [2.05, 4.69) is 12.0 Å². The van der Waals surface area contributed by atoms with Crippen molar-refractivity contribution in [3.8, 4) is 0 Å². The molecule has 0 unspecified atom stereocenters. The van der Waals surface area contributed by atoms with Gasteiger partial charge in [-0.25, -0.2) is 5.01 Å². The lowest BCUT2D eigenvalue weighted by molar-refractivity contribution is 0.0117. The van der Waals surface area contributed by atoms with Crippen LogP contribution in [0.25, 0.3) is 0 Å². The highest BCUT2D eigenvalue weighted by Gasteiger charge is 2.08. The van der Waals surface area contributed by atoms with E-state index in [1.807, 2.05) is 5.01 Å². The lowest BCUT2D eigenvalue weighted by atomic mass is 10.5. The summed E-state index contributed by atoms with van der Waals surface area (Å²) >= 11 is 0. The van der Waals surface area contributed by atoms with Gasteiger partial charge in [-0.2, -0.15) is 5.43 Å². The van der Waals surface area contributed by atoms with Crippen molar-refractivity contribution < 1.29 is 4.74 Å². The van der Waals surface area contributed by atoms with E-state index >= 15 is 0 Å². The molecular weight excluding hydrogens is 128 g/mol. The molecule has 3 nitrogen and oxygen atoms in total. The van der Waals surface area contributed by atoms with E-state index in [4.69, 9.17) is 4.74 Å². The number of rotatable bonds is 3. The van der Waals surface area contributed by atoms with Crippen LogP contribution in [0.3, 0.4) is 0 Å². The fourth-order valence-electron chi connectivity index (χ4n) is 0.868. The second-order valence-electron chi connectivity index (χ2n) is 2.18. The molecule has 0 spiro atoms. The maximum absolute atomic E-state index is 5.15. The summed E-state index contributed by atoms with van der Waals surface area (Å²) in [5.41, 5.74) is 4.24. The standard InChI is InChI=1S/C7H13N2O/c1-2-3-8-9-4-6-10-7-5-9/h2H,1,3-7H2. The molecule has 0 amide bonds. The van der Waals surface area contributed by atoms with Crippen LogP contribution >= 0.6 is 0 Å². The molecule has 1 aliphatic heterocycles. The van der Waals surface area contributed by atoms with Gasteiger partial charge in [0.25, 0.3) is 0 Å². The normalized spacial score (nSPS) is 20.8. The molecule has 1 saturated heterocycles. The Balaban J connectivity index is 2.07. The molecule has 57 valence electrons. The predicted octanol–water partition coefficient (Wildman–Crippen LogP) is 0.0240. The highest BCUT2D eigenvalue weighted by atomic mass is 16.5. The van der Waals surface area contributed by atoms with Gasteiger partial charge in [-0.1, -0.05) is 6.08 Å². The third-order valence-corrected chi connectivity index (χ3v) is 1.40. The molecule has 0 atom stereocenters. The highest BCUT2D eigenvalue weighted by Crippen LogP contribution is 1.92. The van der Waals surface area contributed by atoms with Crippen LogP contribution in [-0.2, 0) is 4.74 Å². The molecule has 0 aromatic heterocycles. The smallest absolute Gasteiger partial charge is 0.0608 e. The zero-order chi connectivity index (χ0) is 7.23. The minimum atomic E-state index is 0.722. The van der Waals surface area contributed by atoms with E-state index in [1.54, 1.807) is 6.08 Å². The van der Waals surface area contributed by atoms with Gasteiger partial charge in [-0.3, -0.25) is 0 Å². The second-order valence-corrected chi connectivity index (χ2v) is 2.18. The van der Waals surface area contributed by atoms with Gasteiger partial charge in [0.1, 0.15) is 0 Å². The van der Waals surface area contributed by atoms with Crippen LogP contribution in [0.1, 0.15) is 0 Å². The fourth-order valence-corrected chi connectivity index (χ4v) is 0.868. The maximum atomic E-state index is 5.15. The van der Waals surface area contributed by atoms with Crippen LogP contribution in [-0.4, -0.2) is 37.9 Å². The van der Waals surface area contributed by atoms with E-state index < -0.39 is 0 Å². The van der Waals surface area contributed by atoms with Crippen LogP contribution < -0.4 is 5.43 Å². The number of nitrogens with zero attached hydrogens (tertiary/aromatic N) is 2. The van der Waals surface area contributed by atoms with Crippen molar-refractivity contribution in [1.29, 1.82) is 0 Å². The first-order valence-corrected chi connectivity index (χ1v) is 3.54. The Hall–Kier alpha value is -0.380. The van der Waals surface area contributed by atoms with Gasteiger partial charge in [0.15, 0.2) is 0 Å². The molecule has 0 aromatic carbocycles. The maximum Gasteiger partial charge on any atom is 0.0608 e. The average Bonchev–Trinajstić information content (AvgIpc) is 2.03. The van der Waals surface area contributed by atoms with E-state index in [1.165, 1.54) is 0 Å². The summed E-state index contributed by atoms with van der Waals surface area (Å²) in [6.45, 7) is 7.78. The quantitative estimate of drug-likeness (QED) is 0.518. The first-order chi connectivity index (χ1) is 4.93. The Morgan fingerprint density at radius 3 is 2.80 bits per heavy atom. The summed E-state index contributed by atoms with van der Waals surface area (Å²) < 4.78 is 5.15. The average molecular weight is 141 g/mol. The molecule has 0 saturated carbocycles. The van der Waals surface area contributed by atoms with Crippen molar-refractivity contribution >= 4 is 0 Å². The molecule has 1 rings (SSSR count). The molecule has 1 fully saturated rings. The van der Waals surface area contributed by atoms with E-state index in [-0.39, 0.29) is 0 Å². The predicted molar refractivity (Wildman–Crippen MR) is 39.6 cm³/mol. The molecule has 0 N–H and O–H groups in total. The number of morpholine rings is 1. The molecular formula is C7H13N2O. The van der Waals surface area contributed by atoms with Crippen molar-refractivity contribution in [3.05, 3.63) is 12.7 Å². The lowest BCUT2D eigenvalue weighted by Crippen LogP contribution is -2.41. The van der Waals surface area contributed by atoms with Gasteiger partial charge in [0.2, 0.25) is 0 Å². The third-order valence-electron chi connectivity index (χ3n) is 1.40. The Morgan fingerprint density at radius 1 is 1.50 bits per heavy atom. The summed E-state index contributed by atoms with van der Waals surface area (Å²) in [4.78, 5) is 0. The summed E-state index contributed by atoms with van der Waals surface area (Å²) in [5, 5.41) is 2.03. The SMILES string of the molecule is C=CC[N]N1CCOCC1. The Bertz CT molecular complexity index is 99.8. The Kier molecular flexibility index (Phi) is 3.43. The topological polar surface area (TPSA) is 26.6 Å². The number of ether oxygens (including phenoxy) is 1. The first-order valence-electron chi connectivity index (χ1n) is 3.54. The summed E-state index contributed by atoms with van der Waals surface area (Å²) in [6, 6.07) is 0. The van der Waals surface area contributed by atoms with Crippen molar-refractivity contribution in [1.82, 2.24) is 10.4 Å². The molecule has 0 aliphatic carbocycles. The summed E-state index contributed by atoms with van der Waals surface area (Å²) in [6.07, 6.45) is 1.80. The van der Waals surface area contributed by atoms with Gasteiger partial charge >= 0.3 is 0 Å². The summed E-state index contributed by atoms with van der Waals surface area (Å²) in [5.74, 6) is 0. The zero-order valence-electron chi connectivity index (χ0n) is 6.12.